The number of rotatable bonds is 7. The Balaban J connectivity index is 2.71. The summed E-state index contributed by atoms with van der Waals surface area (Å²) in [4.78, 5) is 1.57. The molecule has 0 saturated carbocycles. The minimum Gasteiger partial charge on any atom is -0.309 e. The van der Waals surface area contributed by atoms with Crippen LogP contribution < -0.4 is 5.32 Å². The summed E-state index contributed by atoms with van der Waals surface area (Å²) in [5, 5.41) is 5.97. The molecule has 1 atom stereocenters. The van der Waals surface area contributed by atoms with Crippen LogP contribution in [-0.2, 0) is 6.42 Å². The van der Waals surface area contributed by atoms with Crippen molar-refractivity contribution in [2.24, 2.45) is 5.41 Å². The topological polar surface area (TPSA) is 12.0 Å². The molecule has 1 aromatic heterocycles. The molecule has 1 aromatic rings. The molecule has 1 heterocycles. The van der Waals surface area contributed by atoms with Crippen molar-refractivity contribution in [2.75, 3.05) is 6.54 Å². The van der Waals surface area contributed by atoms with Crippen molar-refractivity contribution in [2.45, 2.75) is 66.3 Å². The molecule has 1 N–H and O–H groups in total. The Kier molecular flexibility index (Phi) is 6.37. The van der Waals surface area contributed by atoms with E-state index in [1.165, 1.54) is 24.8 Å². The Hall–Kier alpha value is -0.340. The second-order valence-corrected chi connectivity index (χ2v) is 7.22. The maximum absolute atomic E-state index is 3.73. The average Bonchev–Trinajstić information content (AvgIpc) is 2.76. The predicted molar refractivity (Wildman–Crippen MR) is 83.4 cm³/mol. The molecule has 18 heavy (non-hydrogen) atoms. The van der Waals surface area contributed by atoms with E-state index in [4.69, 9.17) is 0 Å². The zero-order valence-corrected chi connectivity index (χ0v) is 13.5. The highest BCUT2D eigenvalue weighted by molar-refractivity contribution is 7.10. The highest BCUT2D eigenvalue weighted by atomic mass is 32.1. The summed E-state index contributed by atoms with van der Waals surface area (Å²) < 4.78 is 0. The highest BCUT2D eigenvalue weighted by Crippen LogP contribution is 2.32. The van der Waals surface area contributed by atoms with E-state index in [1.54, 1.807) is 4.88 Å². The van der Waals surface area contributed by atoms with Gasteiger partial charge in [-0.2, -0.15) is 0 Å². The zero-order chi connectivity index (χ0) is 13.6. The molecule has 0 aromatic carbocycles. The van der Waals surface area contributed by atoms with Crippen LogP contribution in [0.3, 0.4) is 0 Å². The number of thiophene rings is 1. The van der Waals surface area contributed by atoms with Crippen molar-refractivity contribution in [3.05, 3.63) is 21.9 Å². The third kappa shape index (κ3) is 5.11. The van der Waals surface area contributed by atoms with Crippen LogP contribution in [0.1, 0.15) is 70.4 Å². The van der Waals surface area contributed by atoms with E-state index in [-0.39, 0.29) is 0 Å². The second-order valence-electron chi connectivity index (χ2n) is 6.27. The maximum Gasteiger partial charge on any atom is 0.0417 e. The lowest BCUT2D eigenvalue weighted by molar-refractivity contribution is 0.333. The Morgan fingerprint density at radius 2 is 2.00 bits per heavy atom. The van der Waals surface area contributed by atoms with Crippen LogP contribution in [-0.4, -0.2) is 6.54 Å². The fourth-order valence-corrected chi connectivity index (χ4v) is 3.28. The minimum absolute atomic E-state index is 0.426. The van der Waals surface area contributed by atoms with Crippen LogP contribution in [0.2, 0.25) is 0 Å². The normalized spacial score (nSPS) is 13.8. The Morgan fingerprint density at radius 1 is 1.28 bits per heavy atom. The van der Waals surface area contributed by atoms with Gasteiger partial charge in [-0.15, -0.1) is 11.3 Å². The molecule has 0 aliphatic heterocycles. The highest BCUT2D eigenvalue weighted by Gasteiger charge is 2.19. The number of nitrogens with one attached hydrogen (secondary N) is 1. The molecule has 1 unspecified atom stereocenters. The van der Waals surface area contributed by atoms with Gasteiger partial charge in [-0.1, -0.05) is 34.6 Å². The molecule has 0 aliphatic rings. The molecule has 0 fully saturated rings. The fourth-order valence-electron chi connectivity index (χ4n) is 2.17. The largest absolute Gasteiger partial charge is 0.309 e. The van der Waals surface area contributed by atoms with Crippen LogP contribution in [0.4, 0.5) is 0 Å². The van der Waals surface area contributed by atoms with Crippen LogP contribution in [0.15, 0.2) is 11.4 Å². The van der Waals surface area contributed by atoms with Gasteiger partial charge in [-0.25, -0.2) is 0 Å². The Morgan fingerprint density at radius 3 is 2.56 bits per heavy atom. The molecule has 0 bridgehead atoms. The first-order chi connectivity index (χ1) is 8.48. The lowest BCUT2D eigenvalue weighted by atomic mass is 9.88. The SMILES string of the molecule is CCCNC(CCC(C)(C)C)c1sccc1CC. The minimum atomic E-state index is 0.426. The van der Waals surface area contributed by atoms with Crippen molar-refractivity contribution in [3.8, 4) is 0 Å². The van der Waals surface area contributed by atoms with E-state index in [9.17, 15) is 0 Å². The van der Waals surface area contributed by atoms with Crippen LogP contribution in [0.25, 0.3) is 0 Å². The van der Waals surface area contributed by atoms with E-state index >= 15 is 0 Å². The monoisotopic (exact) mass is 267 g/mol. The van der Waals surface area contributed by atoms with Crippen molar-refractivity contribution in [3.63, 3.8) is 0 Å². The molecule has 2 heteroatoms. The third-order valence-electron chi connectivity index (χ3n) is 3.30. The molecule has 0 saturated heterocycles. The van der Waals surface area contributed by atoms with Gasteiger partial charge in [-0.05, 0) is 54.7 Å². The molecular weight excluding hydrogens is 238 g/mol. The summed E-state index contributed by atoms with van der Waals surface area (Å²) >= 11 is 1.92. The molecular formula is C16H29NS. The van der Waals surface area contributed by atoms with Crippen molar-refractivity contribution >= 4 is 11.3 Å². The quantitative estimate of drug-likeness (QED) is 0.718. The summed E-state index contributed by atoms with van der Waals surface area (Å²) in [5.74, 6) is 0. The van der Waals surface area contributed by atoms with Gasteiger partial charge in [0, 0.05) is 10.9 Å². The van der Waals surface area contributed by atoms with Crippen molar-refractivity contribution in [1.29, 1.82) is 0 Å². The first kappa shape index (κ1) is 15.7. The van der Waals surface area contributed by atoms with E-state index in [2.05, 4.69) is 51.4 Å². The van der Waals surface area contributed by atoms with E-state index < -0.39 is 0 Å². The van der Waals surface area contributed by atoms with Gasteiger partial charge in [0.1, 0.15) is 0 Å². The number of aryl methyl sites for hydroxylation is 1. The summed E-state index contributed by atoms with van der Waals surface area (Å²) in [6, 6.07) is 2.84. The molecule has 1 nitrogen and oxygen atoms in total. The van der Waals surface area contributed by atoms with Crippen LogP contribution in [0, 0.1) is 5.41 Å². The van der Waals surface area contributed by atoms with Gasteiger partial charge < -0.3 is 5.32 Å². The van der Waals surface area contributed by atoms with Gasteiger partial charge in [0.25, 0.3) is 0 Å². The van der Waals surface area contributed by atoms with Gasteiger partial charge >= 0.3 is 0 Å². The summed E-state index contributed by atoms with van der Waals surface area (Å²) in [6.07, 6.45) is 4.88. The van der Waals surface area contributed by atoms with E-state index in [1.807, 2.05) is 11.3 Å². The Bertz CT molecular complexity index is 335. The van der Waals surface area contributed by atoms with Crippen molar-refractivity contribution < 1.29 is 0 Å². The first-order valence-corrected chi connectivity index (χ1v) is 8.15. The molecule has 0 radical (unpaired) electrons. The molecule has 1 rings (SSSR count). The van der Waals surface area contributed by atoms with Crippen molar-refractivity contribution in [1.82, 2.24) is 5.32 Å². The second kappa shape index (κ2) is 7.30. The molecule has 0 spiro atoms. The summed E-state index contributed by atoms with van der Waals surface area (Å²) in [7, 11) is 0. The molecule has 104 valence electrons. The first-order valence-electron chi connectivity index (χ1n) is 7.27. The maximum atomic E-state index is 3.73. The summed E-state index contributed by atoms with van der Waals surface area (Å²) in [5.41, 5.74) is 1.96. The predicted octanol–water partition coefficient (Wildman–Crippen LogP) is 5.18. The smallest absolute Gasteiger partial charge is 0.0417 e. The van der Waals surface area contributed by atoms with E-state index in [0.29, 0.717) is 11.5 Å². The number of hydrogen-bond acceptors (Lipinski definition) is 2. The van der Waals surface area contributed by atoms with Crippen LogP contribution in [0.5, 0.6) is 0 Å². The fraction of sp³-hybridized carbons (Fsp3) is 0.750. The van der Waals surface area contributed by atoms with Crippen LogP contribution >= 0.6 is 11.3 Å². The van der Waals surface area contributed by atoms with Gasteiger partial charge in [-0.3, -0.25) is 0 Å². The molecule has 0 amide bonds. The van der Waals surface area contributed by atoms with Gasteiger partial charge in [0.15, 0.2) is 0 Å². The average molecular weight is 267 g/mol. The summed E-state index contributed by atoms with van der Waals surface area (Å²) in [6.45, 7) is 12.6. The third-order valence-corrected chi connectivity index (χ3v) is 4.37. The zero-order valence-electron chi connectivity index (χ0n) is 12.7. The van der Waals surface area contributed by atoms with E-state index in [0.717, 1.165) is 13.0 Å². The molecule has 0 aliphatic carbocycles. The Labute approximate surface area is 117 Å². The lowest BCUT2D eigenvalue weighted by Gasteiger charge is -2.24. The lowest BCUT2D eigenvalue weighted by Crippen LogP contribution is -2.23. The standard InChI is InChI=1S/C16H29NS/c1-6-11-17-14(8-10-16(3,4)5)15-13(7-2)9-12-18-15/h9,12,14,17H,6-8,10-11H2,1-5H3. The number of hydrogen-bond donors (Lipinski definition) is 1. The van der Waals surface area contributed by atoms with Gasteiger partial charge in [0.2, 0.25) is 0 Å². The van der Waals surface area contributed by atoms with Gasteiger partial charge in [0.05, 0.1) is 0 Å².